The molecule has 0 saturated heterocycles. The molecule has 0 spiro atoms. The molecule has 0 bridgehead atoms. The zero-order valence-corrected chi connectivity index (χ0v) is 19.9. The van der Waals surface area contributed by atoms with Crippen LogP contribution in [0, 0.1) is 12.7 Å². The lowest BCUT2D eigenvalue weighted by atomic mass is 9.97. The van der Waals surface area contributed by atoms with Crippen LogP contribution in [0.3, 0.4) is 0 Å². The highest BCUT2D eigenvalue weighted by molar-refractivity contribution is 6.02. The number of nitrogens with one attached hydrogen (secondary N) is 1. The van der Waals surface area contributed by atoms with Crippen molar-refractivity contribution in [2.24, 2.45) is 4.99 Å². The van der Waals surface area contributed by atoms with Gasteiger partial charge < -0.3 is 10.1 Å². The Morgan fingerprint density at radius 3 is 2.31 bits per heavy atom. The number of amidine groups is 1. The van der Waals surface area contributed by atoms with Crippen molar-refractivity contribution >= 4 is 5.84 Å². The lowest BCUT2D eigenvalue weighted by molar-refractivity contribution is -0.145. The van der Waals surface area contributed by atoms with Crippen LogP contribution in [-0.2, 0) is 12.7 Å². The van der Waals surface area contributed by atoms with Crippen molar-refractivity contribution < 1.29 is 22.3 Å². The summed E-state index contributed by atoms with van der Waals surface area (Å²) in [5.41, 5.74) is 4.43. The Hall–Kier alpha value is -3.75. The normalized spacial score (nSPS) is 12.6. The first-order chi connectivity index (χ1) is 16.6. The van der Waals surface area contributed by atoms with Crippen molar-refractivity contribution in [3.05, 3.63) is 88.9 Å². The van der Waals surface area contributed by atoms with Crippen molar-refractivity contribution in [2.75, 3.05) is 7.11 Å². The molecule has 2 aromatic carbocycles. The Balaban J connectivity index is 2.06. The van der Waals surface area contributed by atoms with Gasteiger partial charge in [0.05, 0.1) is 13.7 Å². The van der Waals surface area contributed by atoms with E-state index >= 15 is 0 Å². The molecule has 1 heterocycles. The minimum absolute atomic E-state index is 0.0579. The smallest absolute Gasteiger partial charge is 0.451 e. The van der Waals surface area contributed by atoms with Crippen LogP contribution in [0.15, 0.2) is 65.6 Å². The molecular formula is C26H26F4N4O. The number of halogens is 4. The van der Waals surface area contributed by atoms with Crippen LogP contribution < -0.4 is 10.1 Å². The Morgan fingerprint density at radius 2 is 1.74 bits per heavy atom. The monoisotopic (exact) mass is 486 g/mol. The number of aliphatic imine (C=N–C) groups is 1. The van der Waals surface area contributed by atoms with Gasteiger partial charge in [-0.05, 0) is 55.7 Å². The summed E-state index contributed by atoms with van der Waals surface area (Å²) in [6.07, 6.45) is 0.428. The third-order valence-corrected chi connectivity index (χ3v) is 5.22. The molecule has 0 amide bonds. The molecule has 0 aliphatic carbocycles. The molecule has 0 atom stereocenters. The highest BCUT2D eigenvalue weighted by Gasteiger charge is 2.34. The second-order valence-corrected chi connectivity index (χ2v) is 7.86. The summed E-state index contributed by atoms with van der Waals surface area (Å²) in [4.78, 5) is 11.5. The van der Waals surface area contributed by atoms with Gasteiger partial charge in [0.15, 0.2) is 0 Å². The fourth-order valence-electron chi connectivity index (χ4n) is 3.44. The van der Waals surface area contributed by atoms with Crippen LogP contribution in [0.5, 0.6) is 5.75 Å². The lowest BCUT2D eigenvalue weighted by Gasteiger charge is -2.17. The summed E-state index contributed by atoms with van der Waals surface area (Å²) in [5, 5.41) is 3.29. The number of allylic oxidation sites excluding steroid dienone is 2. The number of hydrogen-bond acceptors (Lipinski definition) is 4. The maximum absolute atomic E-state index is 13.5. The van der Waals surface area contributed by atoms with Crippen LogP contribution in [0.25, 0.3) is 11.1 Å². The molecule has 0 saturated carbocycles. The summed E-state index contributed by atoms with van der Waals surface area (Å²) in [7, 11) is 1.56. The lowest BCUT2D eigenvalue weighted by Crippen LogP contribution is -2.24. The first-order valence-electron chi connectivity index (χ1n) is 10.9. The fourth-order valence-corrected chi connectivity index (χ4v) is 3.44. The van der Waals surface area contributed by atoms with E-state index in [1.54, 1.807) is 19.2 Å². The first kappa shape index (κ1) is 25.9. The van der Waals surface area contributed by atoms with Gasteiger partial charge in [0.1, 0.15) is 17.4 Å². The molecule has 3 rings (SSSR count). The summed E-state index contributed by atoms with van der Waals surface area (Å²) >= 11 is 0. The van der Waals surface area contributed by atoms with Crippen molar-refractivity contribution in [3.8, 4) is 16.9 Å². The summed E-state index contributed by atoms with van der Waals surface area (Å²) < 4.78 is 57.4. The molecule has 184 valence electrons. The summed E-state index contributed by atoms with van der Waals surface area (Å²) in [5.74, 6) is -0.410. The van der Waals surface area contributed by atoms with Gasteiger partial charge in [-0.25, -0.2) is 14.4 Å². The Bertz CT molecular complexity index is 1220. The highest BCUT2D eigenvalue weighted by atomic mass is 19.4. The van der Waals surface area contributed by atoms with E-state index in [1.807, 2.05) is 39.0 Å². The quantitative estimate of drug-likeness (QED) is 0.236. The molecule has 5 nitrogen and oxygen atoms in total. The van der Waals surface area contributed by atoms with E-state index in [1.165, 1.54) is 12.1 Å². The molecule has 35 heavy (non-hydrogen) atoms. The average molecular weight is 487 g/mol. The summed E-state index contributed by atoms with van der Waals surface area (Å²) in [6, 6.07) is 9.90. The largest absolute Gasteiger partial charge is 0.496 e. The topological polar surface area (TPSA) is 59.4 Å². The third kappa shape index (κ3) is 6.65. The van der Waals surface area contributed by atoms with Crippen LogP contribution in [0.1, 0.15) is 42.8 Å². The average Bonchev–Trinajstić information content (AvgIpc) is 2.82. The van der Waals surface area contributed by atoms with Crippen molar-refractivity contribution in [1.82, 2.24) is 15.3 Å². The Kier molecular flexibility index (Phi) is 8.22. The molecular weight excluding hydrogens is 460 g/mol. The number of rotatable bonds is 7. The number of alkyl halides is 3. The van der Waals surface area contributed by atoms with Gasteiger partial charge >= 0.3 is 6.18 Å². The number of ether oxygens (including phenoxy) is 1. The minimum Gasteiger partial charge on any atom is -0.496 e. The summed E-state index contributed by atoms with van der Waals surface area (Å²) in [6.45, 7) is 5.85. The van der Waals surface area contributed by atoms with Crippen LogP contribution in [-0.4, -0.2) is 22.9 Å². The van der Waals surface area contributed by atoms with Gasteiger partial charge in [-0.1, -0.05) is 25.1 Å². The van der Waals surface area contributed by atoms with Gasteiger partial charge in [-0.15, -0.1) is 0 Å². The fraction of sp³-hybridized carbons (Fsp3) is 0.269. The molecule has 3 aromatic rings. The van der Waals surface area contributed by atoms with Gasteiger partial charge in [-0.3, -0.25) is 4.99 Å². The molecule has 0 unspecified atom stereocenters. The number of methoxy groups -OCH3 is 1. The first-order valence-corrected chi connectivity index (χ1v) is 10.9. The van der Waals surface area contributed by atoms with E-state index in [9.17, 15) is 17.6 Å². The molecule has 1 N–H and O–H groups in total. The van der Waals surface area contributed by atoms with Gasteiger partial charge in [0, 0.05) is 34.8 Å². The molecule has 1 aromatic heterocycles. The second kappa shape index (κ2) is 11.1. The van der Waals surface area contributed by atoms with E-state index in [0.29, 0.717) is 17.1 Å². The Labute approximate surface area is 201 Å². The van der Waals surface area contributed by atoms with Crippen LogP contribution in [0.2, 0.25) is 0 Å². The van der Waals surface area contributed by atoms with E-state index in [4.69, 9.17) is 4.74 Å². The van der Waals surface area contributed by atoms with Crippen molar-refractivity contribution in [3.63, 3.8) is 0 Å². The molecule has 0 aliphatic rings. The van der Waals surface area contributed by atoms with E-state index in [2.05, 4.69) is 20.3 Å². The molecule has 0 radical (unpaired) electrons. The number of nitrogens with zero attached hydrogens (tertiary/aromatic N) is 3. The number of benzene rings is 2. The van der Waals surface area contributed by atoms with E-state index in [-0.39, 0.29) is 12.4 Å². The number of aromatic nitrogens is 2. The van der Waals surface area contributed by atoms with Crippen LogP contribution in [0.4, 0.5) is 17.6 Å². The predicted octanol–water partition coefficient (Wildman–Crippen LogP) is 6.47. The SMILES string of the molecule is CC/C=C(\C)NC(=NCc1cnc(C(F)(F)F)nc1)c1cc(-c2ccc(F)cc2)cc(OC)c1C. The molecule has 9 heteroatoms. The number of hydrogen-bond donors (Lipinski definition) is 1. The maximum atomic E-state index is 13.5. The predicted molar refractivity (Wildman–Crippen MR) is 128 cm³/mol. The maximum Gasteiger partial charge on any atom is 0.451 e. The van der Waals surface area contributed by atoms with E-state index in [0.717, 1.165) is 46.8 Å². The van der Waals surface area contributed by atoms with Gasteiger partial charge in [0.25, 0.3) is 0 Å². The van der Waals surface area contributed by atoms with Crippen LogP contribution >= 0.6 is 0 Å². The molecule has 0 fully saturated rings. The molecule has 0 aliphatic heterocycles. The van der Waals surface area contributed by atoms with Crippen molar-refractivity contribution in [1.29, 1.82) is 0 Å². The van der Waals surface area contributed by atoms with Gasteiger partial charge in [-0.2, -0.15) is 13.2 Å². The highest BCUT2D eigenvalue weighted by Crippen LogP contribution is 2.31. The van der Waals surface area contributed by atoms with Gasteiger partial charge in [0.2, 0.25) is 5.82 Å². The third-order valence-electron chi connectivity index (χ3n) is 5.22. The van der Waals surface area contributed by atoms with E-state index < -0.39 is 12.0 Å². The zero-order chi connectivity index (χ0) is 25.6. The zero-order valence-electron chi connectivity index (χ0n) is 19.9. The standard InChI is InChI=1S/C26H26F4N4O/c1-5-6-16(2)34-24(31-13-18-14-32-25(33-15-18)26(28,29)30)22-11-20(12-23(35-4)17(22)3)19-7-9-21(27)10-8-19/h6-12,14-15H,5,13H2,1-4H3,(H,31,34)/b16-6+. The van der Waals surface area contributed by atoms with Crippen molar-refractivity contribution in [2.45, 2.75) is 39.9 Å². The second-order valence-electron chi connectivity index (χ2n) is 7.86. The minimum atomic E-state index is -4.61. The Morgan fingerprint density at radius 1 is 1.09 bits per heavy atom.